The third kappa shape index (κ3) is 2.87. The van der Waals surface area contributed by atoms with Gasteiger partial charge in [-0.3, -0.25) is 9.98 Å². The topological polar surface area (TPSA) is 204 Å². The highest BCUT2D eigenvalue weighted by Gasteiger charge is 2.46. The van der Waals surface area contributed by atoms with E-state index in [1.165, 1.54) is 0 Å². The lowest BCUT2D eigenvalue weighted by molar-refractivity contribution is -0.0702. The van der Waals surface area contributed by atoms with Gasteiger partial charge in [0.25, 0.3) is 0 Å². The molecule has 8 atom stereocenters. The number of hydrogen-bond donors (Lipinski definition) is 7. The third-order valence-corrected chi connectivity index (χ3v) is 4.52. The van der Waals surface area contributed by atoms with Crippen molar-refractivity contribution in [3.8, 4) is 0 Å². The van der Waals surface area contributed by atoms with Gasteiger partial charge in [0.2, 0.25) is 5.62 Å². The smallest absolute Gasteiger partial charge is 0.336 e. The second-order valence-corrected chi connectivity index (χ2v) is 6.09. The molecule has 146 valence electrons. The molecular weight excluding hydrogens is 356 g/mol. The summed E-state index contributed by atoms with van der Waals surface area (Å²) in [6.45, 7) is -1.21. The molecule has 3 rings (SSSR count). The van der Waals surface area contributed by atoms with E-state index in [0.717, 1.165) is 10.9 Å². The molecule has 0 bridgehead atoms. The van der Waals surface area contributed by atoms with Crippen LogP contribution >= 0.6 is 0 Å². The Morgan fingerprint density at radius 3 is 1.96 bits per heavy atom. The number of aliphatic hydroxyl groups is 6. The second kappa shape index (κ2) is 7.13. The second-order valence-electron chi connectivity index (χ2n) is 6.09. The van der Waals surface area contributed by atoms with Gasteiger partial charge in [0.05, 0.1) is 13.2 Å². The molecule has 0 radical (unpaired) electrons. The molecule has 26 heavy (non-hydrogen) atoms. The SMILES string of the molecule is N=c1ncn([C@@H]2O[C@H](CO)[C@@H](O)[C@H]2O)c(=O)n1C1O[C@H](CO)[C@@H](O)[C@@H]1O. The molecule has 2 aliphatic heterocycles. The van der Waals surface area contributed by atoms with E-state index in [-0.39, 0.29) is 0 Å². The van der Waals surface area contributed by atoms with Crippen molar-refractivity contribution in [3.05, 3.63) is 22.4 Å². The number of ether oxygens (including phenoxy) is 2. The molecule has 2 fully saturated rings. The van der Waals surface area contributed by atoms with Crippen molar-refractivity contribution >= 4 is 0 Å². The lowest BCUT2D eigenvalue weighted by Crippen LogP contribution is -2.48. The Morgan fingerprint density at radius 1 is 0.962 bits per heavy atom. The molecule has 1 aromatic heterocycles. The van der Waals surface area contributed by atoms with Gasteiger partial charge in [-0.1, -0.05) is 0 Å². The van der Waals surface area contributed by atoms with Crippen LogP contribution in [0.3, 0.4) is 0 Å². The van der Waals surface area contributed by atoms with Crippen LogP contribution < -0.4 is 11.3 Å². The molecule has 0 saturated carbocycles. The van der Waals surface area contributed by atoms with Crippen LogP contribution in [0.15, 0.2) is 11.1 Å². The maximum atomic E-state index is 12.8. The molecule has 0 aromatic carbocycles. The van der Waals surface area contributed by atoms with Gasteiger partial charge in [0.1, 0.15) is 43.0 Å². The van der Waals surface area contributed by atoms with Crippen LogP contribution in [0.25, 0.3) is 0 Å². The molecule has 0 aliphatic carbocycles. The van der Waals surface area contributed by atoms with Crippen molar-refractivity contribution in [2.75, 3.05) is 13.2 Å². The fourth-order valence-corrected chi connectivity index (χ4v) is 3.05. The standard InChI is InChI=1S/C13H20N4O9/c14-12-15-3-16(10-8(22)6(20)4(1-18)25-10)13(24)17(12)11-9(23)7(21)5(2-19)26-11/h3-11,14,18-23H,1-2H2/t4-,5-,6-,7-,8-,9+,10-,11?/m1/s1. The highest BCUT2D eigenvalue weighted by atomic mass is 16.6. The van der Waals surface area contributed by atoms with E-state index in [1.807, 2.05) is 0 Å². The van der Waals surface area contributed by atoms with Crippen molar-refractivity contribution < 1.29 is 40.1 Å². The van der Waals surface area contributed by atoms with Crippen LogP contribution in [0.2, 0.25) is 0 Å². The molecular formula is C13H20N4O9. The Bertz CT molecular complexity index is 767. The molecule has 3 heterocycles. The molecule has 0 amide bonds. The number of hydrogen-bond acceptors (Lipinski definition) is 11. The Morgan fingerprint density at radius 2 is 1.46 bits per heavy atom. The van der Waals surface area contributed by atoms with Crippen molar-refractivity contribution in [1.82, 2.24) is 14.1 Å². The number of rotatable bonds is 4. The quantitative estimate of drug-likeness (QED) is 0.266. The lowest BCUT2D eigenvalue weighted by atomic mass is 10.1. The van der Waals surface area contributed by atoms with Crippen LogP contribution in [-0.4, -0.2) is 94.6 Å². The molecule has 2 saturated heterocycles. The van der Waals surface area contributed by atoms with Crippen LogP contribution in [-0.2, 0) is 9.47 Å². The highest BCUT2D eigenvalue weighted by Crippen LogP contribution is 2.29. The minimum atomic E-state index is -1.61. The van der Waals surface area contributed by atoms with Gasteiger partial charge >= 0.3 is 5.69 Å². The Labute approximate surface area is 145 Å². The summed E-state index contributed by atoms with van der Waals surface area (Å²) in [5.74, 6) is 0. The van der Waals surface area contributed by atoms with Crippen LogP contribution in [0.4, 0.5) is 0 Å². The minimum absolute atomic E-state index is 0.595. The van der Waals surface area contributed by atoms with Gasteiger partial charge < -0.3 is 40.1 Å². The summed E-state index contributed by atoms with van der Waals surface area (Å²) >= 11 is 0. The van der Waals surface area contributed by atoms with E-state index in [9.17, 15) is 25.2 Å². The van der Waals surface area contributed by atoms with E-state index >= 15 is 0 Å². The van der Waals surface area contributed by atoms with Gasteiger partial charge in [-0.15, -0.1) is 0 Å². The summed E-state index contributed by atoms with van der Waals surface area (Å²) in [7, 11) is 0. The molecule has 7 N–H and O–H groups in total. The maximum absolute atomic E-state index is 12.8. The lowest BCUT2D eigenvalue weighted by Gasteiger charge is -2.22. The van der Waals surface area contributed by atoms with Crippen molar-refractivity contribution in [1.29, 1.82) is 5.41 Å². The molecule has 1 unspecified atom stereocenters. The van der Waals surface area contributed by atoms with E-state index in [2.05, 4.69) is 4.98 Å². The number of nitrogens with one attached hydrogen (secondary N) is 1. The Hall–Kier alpha value is -1.71. The van der Waals surface area contributed by atoms with Crippen LogP contribution in [0.1, 0.15) is 12.5 Å². The minimum Gasteiger partial charge on any atom is -0.394 e. The fraction of sp³-hybridized carbons (Fsp3) is 0.769. The summed E-state index contributed by atoms with van der Waals surface area (Å²) < 4.78 is 11.9. The molecule has 2 aliphatic rings. The van der Waals surface area contributed by atoms with E-state index in [4.69, 9.17) is 25.1 Å². The molecule has 0 spiro atoms. The van der Waals surface area contributed by atoms with Crippen LogP contribution in [0, 0.1) is 5.41 Å². The molecule has 1 aromatic rings. The first kappa shape index (κ1) is 19.1. The van der Waals surface area contributed by atoms with Gasteiger partial charge in [0, 0.05) is 0 Å². The zero-order valence-corrected chi connectivity index (χ0v) is 13.4. The van der Waals surface area contributed by atoms with Gasteiger partial charge in [0.15, 0.2) is 12.5 Å². The summed E-state index contributed by atoms with van der Waals surface area (Å²) in [4.78, 5) is 16.4. The normalized spacial score (nSPS) is 40.2. The van der Waals surface area contributed by atoms with Crippen LogP contribution in [0.5, 0.6) is 0 Å². The first-order valence-electron chi connectivity index (χ1n) is 7.81. The zero-order valence-electron chi connectivity index (χ0n) is 13.4. The largest absolute Gasteiger partial charge is 0.394 e. The third-order valence-electron chi connectivity index (χ3n) is 4.52. The van der Waals surface area contributed by atoms with Gasteiger partial charge in [-0.2, -0.15) is 0 Å². The Balaban J connectivity index is 2.01. The maximum Gasteiger partial charge on any atom is 0.336 e. The average molecular weight is 376 g/mol. The van der Waals surface area contributed by atoms with Crippen molar-refractivity contribution in [2.24, 2.45) is 0 Å². The summed E-state index contributed by atoms with van der Waals surface area (Å²) in [6, 6.07) is 0. The van der Waals surface area contributed by atoms with Gasteiger partial charge in [-0.05, 0) is 0 Å². The first-order chi connectivity index (χ1) is 12.3. The predicted octanol–water partition coefficient (Wildman–Crippen LogP) is -5.25. The fourth-order valence-electron chi connectivity index (χ4n) is 3.05. The average Bonchev–Trinajstić information content (AvgIpc) is 3.06. The predicted molar refractivity (Wildman–Crippen MR) is 78.4 cm³/mol. The van der Waals surface area contributed by atoms with Crippen molar-refractivity contribution in [2.45, 2.75) is 49.1 Å². The Kier molecular flexibility index (Phi) is 5.23. The zero-order chi connectivity index (χ0) is 19.2. The number of aliphatic hydroxyl groups excluding tert-OH is 6. The number of nitrogens with zero attached hydrogens (tertiary/aromatic N) is 3. The van der Waals surface area contributed by atoms with E-state index < -0.39 is 73.6 Å². The summed E-state index contributed by atoms with van der Waals surface area (Å²) in [5, 5.41) is 65.9. The molecule has 13 heteroatoms. The van der Waals surface area contributed by atoms with Gasteiger partial charge in [-0.25, -0.2) is 14.3 Å². The summed E-state index contributed by atoms with van der Waals surface area (Å²) in [5.41, 5.74) is -1.58. The highest BCUT2D eigenvalue weighted by molar-refractivity contribution is 4.93. The monoisotopic (exact) mass is 376 g/mol. The first-order valence-corrected chi connectivity index (χ1v) is 7.81. The number of aromatic nitrogens is 3. The summed E-state index contributed by atoms with van der Waals surface area (Å²) in [6.07, 6.45) is -10.4. The van der Waals surface area contributed by atoms with Crippen molar-refractivity contribution in [3.63, 3.8) is 0 Å². The molecule has 13 nitrogen and oxygen atoms in total. The van der Waals surface area contributed by atoms with E-state index in [0.29, 0.717) is 4.57 Å². The van der Waals surface area contributed by atoms with E-state index in [1.54, 1.807) is 0 Å².